The summed E-state index contributed by atoms with van der Waals surface area (Å²) in [6.45, 7) is 5.26. The first-order valence-electron chi connectivity index (χ1n) is 8.77. The highest BCUT2D eigenvalue weighted by atomic mass is 32.1. The van der Waals surface area contributed by atoms with E-state index in [0.717, 1.165) is 23.5 Å². The maximum absolute atomic E-state index is 11.7. The van der Waals surface area contributed by atoms with Crippen LogP contribution in [0, 0.1) is 13.8 Å². The van der Waals surface area contributed by atoms with Crippen LogP contribution < -0.4 is 20.1 Å². The highest BCUT2D eigenvalue weighted by Crippen LogP contribution is 2.18. The Morgan fingerprint density at radius 3 is 2.33 bits per heavy atom. The lowest BCUT2D eigenvalue weighted by Gasteiger charge is -2.10. The molecular weight excluding hydrogens is 360 g/mol. The van der Waals surface area contributed by atoms with E-state index in [9.17, 15) is 4.79 Å². The lowest BCUT2D eigenvalue weighted by atomic mass is 10.1. The van der Waals surface area contributed by atoms with E-state index in [1.54, 1.807) is 6.08 Å². The van der Waals surface area contributed by atoms with Crippen molar-refractivity contribution in [3.63, 3.8) is 0 Å². The number of ether oxygens (including phenoxy) is 2. The fraction of sp³-hybridized carbons (Fsp3) is 0.238. The largest absolute Gasteiger partial charge is 0.493 e. The van der Waals surface area contributed by atoms with Crippen LogP contribution in [-0.4, -0.2) is 24.2 Å². The van der Waals surface area contributed by atoms with Crippen molar-refractivity contribution in [1.82, 2.24) is 10.6 Å². The molecule has 0 radical (unpaired) electrons. The average molecular weight is 382 g/mol. The third kappa shape index (κ3) is 5.56. The van der Waals surface area contributed by atoms with Gasteiger partial charge in [0.1, 0.15) is 17.2 Å². The first-order chi connectivity index (χ1) is 13.0. The van der Waals surface area contributed by atoms with Crippen molar-refractivity contribution in [2.75, 3.05) is 13.2 Å². The van der Waals surface area contributed by atoms with Crippen LogP contribution in [0.15, 0.2) is 48.2 Å². The summed E-state index contributed by atoms with van der Waals surface area (Å²) in [7, 11) is 0. The third-order valence-corrected chi connectivity index (χ3v) is 4.11. The molecule has 0 aromatic heterocycles. The van der Waals surface area contributed by atoms with Crippen LogP contribution in [0.1, 0.15) is 23.1 Å². The fourth-order valence-electron chi connectivity index (χ4n) is 2.80. The summed E-state index contributed by atoms with van der Waals surface area (Å²) in [6, 6.07) is 13.7. The molecule has 0 spiro atoms. The lowest BCUT2D eigenvalue weighted by molar-refractivity contribution is -0.115. The summed E-state index contributed by atoms with van der Waals surface area (Å²) < 4.78 is 11.6. The van der Waals surface area contributed by atoms with E-state index in [1.165, 1.54) is 11.1 Å². The molecule has 0 aliphatic carbocycles. The smallest absolute Gasteiger partial charge is 0.273 e. The predicted octanol–water partition coefficient (Wildman–Crippen LogP) is 3.50. The van der Waals surface area contributed by atoms with Crippen LogP contribution in [0.4, 0.5) is 0 Å². The second kappa shape index (κ2) is 8.68. The van der Waals surface area contributed by atoms with Gasteiger partial charge < -0.3 is 14.8 Å². The van der Waals surface area contributed by atoms with Gasteiger partial charge >= 0.3 is 0 Å². The van der Waals surface area contributed by atoms with Crippen LogP contribution >= 0.6 is 12.2 Å². The molecule has 1 aliphatic rings. The zero-order valence-electron chi connectivity index (χ0n) is 15.4. The van der Waals surface area contributed by atoms with E-state index in [2.05, 4.69) is 30.5 Å². The molecule has 1 aliphatic heterocycles. The normalized spacial score (nSPS) is 14.8. The molecule has 1 heterocycles. The number of benzene rings is 2. The Kier molecular flexibility index (Phi) is 6.08. The van der Waals surface area contributed by atoms with Gasteiger partial charge in [0.2, 0.25) is 0 Å². The molecule has 5 nitrogen and oxygen atoms in total. The van der Waals surface area contributed by atoms with Crippen molar-refractivity contribution in [2.24, 2.45) is 0 Å². The average Bonchev–Trinajstić information content (AvgIpc) is 2.91. The Bertz CT molecular complexity index is 872. The van der Waals surface area contributed by atoms with Crippen LogP contribution in [-0.2, 0) is 4.79 Å². The summed E-state index contributed by atoms with van der Waals surface area (Å²) in [6.07, 6.45) is 2.52. The molecule has 1 amide bonds. The van der Waals surface area contributed by atoms with Gasteiger partial charge in [0.25, 0.3) is 5.91 Å². The number of aryl methyl sites for hydroxylation is 2. The standard InChI is InChI=1S/C21H22N2O3S/c1-14-9-15(2)11-18(10-14)26-8-4-7-25-17-6-3-5-16(12-17)13-19-20(24)23-21(27)22-19/h3,5-6,9-13H,4,7-8H2,1-2H3,(H2,22,23,24,27)/b19-13-. The lowest BCUT2D eigenvalue weighted by Crippen LogP contribution is -2.21. The highest BCUT2D eigenvalue weighted by molar-refractivity contribution is 7.80. The van der Waals surface area contributed by atoms with Crippen molar-refractivity contribution in [2.45, 2.75) is 20.3 Å². The van der Waals surface area contributed by atoms with Crippen molar-refractivity contribution in [3.05, 3.63) is 64.9 Å². The van der Waals surface area contributed by atoms with Gasteiger partial charge in [-0.15, -0.1) is 0 Å². The summed E-state index contributed by atoms with van der Waals surface area (Å²) in [5.41, 5.74) is 3.68. The molecule has 2 aromatic rings. The first kappa shape index (κ1) is 18.9. The molecule has 0 saturated carbocycles. The summed E-state index contributed by atoms with van der Waals surface area (Å²) in [4.78, 5) is 11.7. The molecule has 0 atom stereocenters. The van der Waals surface area contributed by atoms with Gasteiger partial charge in [-0.3, -0.25) is 10.1 Å². The highest BCUT2D eigenvalue weighted by Gasteiger charge is 2.19. The van der Waals surface area contributed by atoms with Gasteiger partial charge in [0.15, 0.2) is 5.11 Å². The van der Waals surface area contributed by atoms with E-state index in [-0.39, 0.29) is 5.91 Å². The van der Waals surface area contributed by atoms with Crippen molar-refractivity contribution in [3.8, 4) is 11.5 Å². The Morgan fingerprint density at radius 2 is 1.67 bits per heavy atom. The number of carbonyl (C=O) groups is 1. The van der Waals surface area contributed by atoms with Gasteiger partial charge in [-0.2, -0.15) is 0 Å². The van der Waals surface area contributed by atoms with Gasteiger partial charge in [-0.05, 0) is 73.1 Å². The second-order valence-corrected chi connectivity index (χ2v) is 6.82. The van der Waals surface area contributed by atoms with E-state index in [0.29, 0.717) is 24.0 Å². The maximum atomic E-state index is 11.7. The molecule has 3 rings (SSSR count). The fourth-order valence-corrected chi connectivity index (χ4v) is 3.00. The number of hydrogen-bond donors (Lipinski definition) is 2. The minimum absolute atomic E-state index is 0.227. The quantitative estimate of drug-likeness (QED) is 0.436. The molecule has 0 unspecified atom stereocenters. The van der Waals surface area contributed by atoms with Crippen molar-refractivity contribution in [1.29, 1.82) is 0 Å². The number of rotatable bonds is 7. The molecule has 6 heteroatoms. The maximum Gasteiger partial charge on any atom is 0.273 e. The van der Waals surface area contributed by atoms with E-state index in [1.807, 2.05) is 36.4 Å². The molecule has 27 heavy (non-hydrogen) atoms. The Labute approximate surface area is 164 Å². The molecule has 2 N–H and O–H groups in total. The molecular formula is C21H22N2O3S. The van der Waals surface area contributed by atoms with Gasteiger partial charge in [0.05, 0.1) is 13.2 Å². The molecule has 2 aromatic carbocycles. The van der Waals surface area contributed by atoms with Crippen molar-refractivity contribution < 1.29 is 14.3 Å². The monoisotopic (exact) mass is 382 g/mol. The summed E-state index contributed by atoms with van der Waals surface area (Å²) in [5.74, 6) is 1.41. The van der Waals surface area contributed by atoms with E-state index >= 15 is 0 Å². The van der Waals surface area contributed by atoms with Gasteiger partial charge in [-0.1, -0.05) is 18.2 Å². The van der Waals surface area contributed by atoms with E-state index < -0.39 is 0 Å². The van der Waals surface area contributed by atoms with Crippen LogP contribution in [0.5, 0.6) is 11.5 Å². The SMILES string of the molecule is Cc1cc(C)cc(OCCCOc2cccc(/C=C3\NC(=S)NC3=O)c2)c1. The van der Waals surface area contributed by atoms with Crippen LogP contribution in [0.3, 0.4) is 0 Å². The number of carbonyl (C=O) groups excluding carboxylic acids is 1. The van der Waals surface area contributed by atoms with Crippen LogP contribution in [0.25, 0.3) is 6.08 Å². The Hall–Kier alpha value is -2.86. The number of thiocarbonyl (C=S) groups is 1. The van der Waals surface area contributed by atoms with Crippen molar-refractivity contribution >= 4 is 29.3 Å². The Balaban J connectivity index is 1.48. The molecule has 0 bridgehead atoms. The number of hydrogen-bond acceptors (Lipinski definition) is 4. The molecule has 1 saturated heterocycles. The third-order valence-electron chi connectivity index (χ3n) is 3.91. The Morgan fingerprint density at radius 1 is 0.963 bits per heavy atom. The molecule has 1 fully saturated rings. The minimum Gasteiger partial charge on any atom is -0.493 e. The van der Waals surface area contributed by atoms with E-state index in [4.69, 9.17) is 21.7 Å². The van der Waals surface area contributed by atoms with Gasteiger partial charge in [0, 0.05) is 6.42 Å². The first-order valence-corrected chi connectivity index (χ1v) is 9.18. The number of nitrogens with one attached hydrogen (secondary N) is 2. The predicted molar refractivity (Wildman–Crippen MR) is 110 cm³/mol. The number of amides is 1. The summed E-state index contributed by atoms with van der Waals surface area (Å²) >= 11 is 4.93. The van der Waals surface area contributed by atoms with Crippen LogP contribution in [0.2, 0.25) is 0 Å². The zero-order valence-corrected chi connectivity index (χ0v) is 16.2. The summed E-state index contributed by atoms with van der Waals surface area (Å²) in [5, 5.41) is 5.69. The minimum atomic E-state index is -0.227. The zero-order chi connectivity index (χ0) is 19.2. The molecule has 140 valence electrons. The van der Waals surface area contributed by atoms with Gasteiger partial charge in [-0.25, -0.2) is 0 Å². The topological polar surface area (TPSA) is 59.6 Å². The second-order valence-electron chi connectivity index (χ2n) is 6.41.